The number of aromatic nitrogens is 4. The number of hydrogen-bond acceptors (Lipinski definition) is 9. The van der Waals surface area contributed by atoms with Gasteiger partial charge in [0.15, 0.2) is 5.82 Å². The lowest BCUT2D eigenvalue weighted by Crippen LogP contribution is -2.48. The number of nitrogens with two attached hydrogens (primary N) is 1. The van der Waals surface area contributed by atoms with Gasteiger partial charge in [0.1, 0.15) is 22.4 Å². The molecule has 222 valence electrons. The zero-order chi connectivity index (χ0) is 29.4. The highest BCUT2D eigenvalue weighted by atomic mass is 32.1. The fraction of sp³-hybridized carbons (Fsp3) is 0.407. The number of rotatable bonds is 7. The lowest BCUT2D eigenvalue weighted by Gasteiger charge is -2.34. The maximum absolute atomic E-state index is 13.6. The van der Waals surface area contributed by atoms with E-state index in [0.717, 1.165) is 17.8 Å². The van der Waals surface area contributed by atoms with Gasteiger partial charge in [0.05, 0.1) is 35.2 Å². The van der Waals surface area contributed by atoms with E-state index in [0.29, 0.717) is 74.0 Å². The Labute approximate surface area is 242 Å². The van der Waals surface area contributed by atoms with E-state index in [1.54, 1.807) is 10.6 Å². The van der Waals surface area contributed by atoms with Gasteiger partial charge in [-0.25, -0.2) is 27.1 Å². The van der Waals surface area contributed by atoms with Crippen molar-refractivity contribution in [2.75, 3.05) is 54.9 Å². The van der Waals surface area contributed by atoms with Crippen LogP contribution in [0.2, 0.25) is 0 Å². The second-order valence-corrected chi connectivity index (χ2v) is 11.2. The molecule has 6 rings (SSSR count). The van der Waals surface area contributed by atoms with Crippen LogP contribution in [0, 0.1) is 0 Å². The third-order valence-corrected chi connectivity index (χ3v) is 8.60. The molecule has 0 unspecified atom stereocenters. The first-order valence-corrected chi connectivity index (χ1v) is 14.3. The molecule has 0 radical (unpaired) electrons. The molecule has 3 N–H and O–H groups in total. The van der Waals surface area contributed by atoms with Crippen molar-refractivity contribution in [3.63, 3.8) is 0 Å². The molecule has 10 nitrogen and oxygen atoms in total. The molecule has 2 aliphatic heterocycles. The minimum Gasteiger partial charge on any atom is -0.382 e. The summed E-state index contributed by atoms with van der Waals surface area (Å²) < 4.78 is 60.9. The van der Waals surface area contributed by atoms with Crippen LogP contribution in [0.5, 0.6) is 0 Å². The second kappa shape index (κ2) is 11.7. The third-order valence-electron chi connectivity index (χ3n) is 7.46. The number of piperidine rings is 1. The first-order valence-electron chi connectivity index (χ1n) is 13.5. The molecule has 42 heavy (non-hydrogen) atoms. The number of pyridine rings is 1. The van der Waals surface area contributed by atoms with Crippen LogP contribution in [0.1, 0.15) is 45.9 Å². The number of fused-ring (bicyclic) bond motifs is 1. The molecule has 0 aromatic carbocycles. The second-order valence-electron chi connectivity index (χ2n) is 10.1. The molecule has 15 heteroatoms. The number of nitrogens with one attached hydrogen (secondary N) is 1. The zero-order valence-electron chi connectivity index (χ0n) is 22.4. The summed E-state index contributed by atoms with van der Waals surface area (Å²) in [6.45, 7) is 3.01. The Hall–Kier alpha value is -3.98. The number of nitrogens with zero attached hydrogens (tertiary/aromatic N) is 6. The number of thiophene rings is 1. The normalized spacial score (nSPS) is 17.9. The largest absolute Gasteiger partial charge is 0.382 e. The Balaban J connectivity index is 1.27. The summed E-state index contributed by atoms with van der Waals surface area (Å²) in [6.07, 6.45) is -1.37. The Morgan fingerprint density at radius 1 is 1.05 bits per heavy atom. The van der Waals surface area contributed by atoms with E-state index in [1.165, 1.54) is 24.7 Å². The summed E-state index contributed by atoms with van der Waals surface area (Å²) in [5, 5.41) is 7.39. The van der Waals surface area contributed by atoms with Crippen LogP contribution < -0.4 is 20.9 Å². The van der Waals surface area contributed by atoms with Gasteiger partial charge in [0, 0.05) is 44.0 Å². The van der Waals surface area contributed by atoms with Gasteiger partial charge in [0.2, 0.25) is 0 Å². The van der Waals surface area contributed by atoms with Gasteiger partial charge in [-0.15, -0.1) is 11.3 Å². The number of amides is 1. The Bertz CT molecular complexity index is 1590. The molecule has 0 aliphatic carbocycles. The van der Waals surface area contributed by atoms with Gasteiger partial charge in [0.25, 0.3) is 18.8 Å². The summed E-state index contributed by atoms with van der Waals surface area (Å²) in [6, 6.07) is 5.87. The molecule has 1 atom stereocenters. The van der Waals surface area contributed by atoms with Gasteiger partial charge in [-0.2, -0.15) is 5.10 Å². The van der Waals surface area contributed by atoms with Crippen LogP contribution in [0.3, 0.4) is 0 Å². The molecule has 2 saturated heterocycles. The molecular formula is C27H28F4N8O2S. The average Bonchev–Trinajstić information content (AvgIpc) is 3.62. The van der Waals surface area contributed by atoms with E-state index in [1.807, 2.05) is 15.9 Å². The first-order chi connectivity index (χ1) is 20.3. The van der Waals surface area contributed by atoms with E-state index in [-0.39, 0.29) is 27.3 Å². The van der Waals surface area contributed by atoms with Crippen molar-refractivity contribution in [1.82, 2.24) is 24.9 Å². The molecular weight excluding hydrogens is 576 g/mol. The molecule has 4 aromatic heterocycles. The maximum Gasteiger partial charge on any atom is 0.280 e. The number of halogens is 4. The topological polar surface area (TPSA) is 114 Å². The van der Waals surface area contributed by atoms with Crippen molar-refractivity contribution in [1.29, 1.82) is 0 Å². The minimum atomic E-state index is -2.73. The van der Waals surface area contributed by atoms with E-state index < -0.39 is 18.8 Å². The Morgan fingerprint density at radius 3 is 2.62 bits per heavy atom. The van der Waals surface area contributed by atoms with Crippen molar-refractivity contribution in [2.45, 2.75) is 31.7 Å². The fourth-order valence-corrected chi connectivity index (χ4v) is 6.44. The minimum absolute atomic E-state index is 0.152. The van der Waals surface area contributed by atoms with Crippen molar-refractivity contribution in [3.8, 4) is 11.3 Å². The summed E-state index contributed by atoms with van der Waals surface area (Å²) in [7, 11) is 0. The van der Waals surface area contributed by atoms with Crippen LogP contribution in [0.25, 0.3) is 16.8 Å². The smallest absolute Gasteiger partial charge is 0.280 e. The van der Waals surface area contributed by atoms with E-state index >= 15 is 0 Å². The molecule has 4 aromatic rings. The van der Waals surface area contributed by atoms with E-state index in [2.05, 4.69) is 20.4 Å². The molecule has 1 amide bonds. The van der Waals surface area contributed by atoms with Crippen molar-refractivity contribution >= 4 is 40.0 Å². The molecule has 6 heterocycles. The number of morpholine rings is 1. The van der Waals surface area contributed by atoms with Gasteiger partial charge in [-0.1, -0.05) is 0 Å². The standard InChI is InChI=1S/C27H28F4N8O2S/c28-24(29)17-10-15(3-4-33-17)18-11-19(22-26(32)34-14-35-39(18)22)38-5-1-2-16(13-38)36-27(40)23-20(12-21(42-23)25(30)31)37-6-8-41-9-7-37/h3-4,10-12,14,16,24-25H,1-2,5-9,13H2,(H,36,40)(H2,32,34,35)/t16-/m1/s1. The average molecular weight is 605 g/mol. The van der Waals surface area contributed by atoms with Crippen molar-refractivity contribution in [2.24, 2.45) is 0 Å². The SMILES string of the molecule is Nc1ncnn2c(-c3ccnc(C(F)F)c3)cc(N3CCC[C@@H](NC(=O)c4sc(C(F)F)cc4N4CCOCC4)C3)c12. The molecule has 2 fully saturated rings. The maximum atomic E-state index is 13.6. The Kier molecular flexibility index (Phi) is 7.86. The molecule has 0 bridgehead atoms. The first kappa shape index (κ1) is 28.2. The molecule has 0 saturated carbocycles. The van der Waals surface area contributed by atoms with Crippen LogP contribution in [0.4, 0.5) is 34.8 Å². The third kappa shape index (κ3) is 5.45. The number of anilines is 3. The van der Waals surface area contributed by atoms with Gasteiger partial charge < -0.3 is 25.6 Å². The highest BCUT2D eigenvalue weighted by Crippen LogP contribution is 2.38. The number of alkyl halides is 4. The molecule has 0 spiro atoms. The van der Waals surface area contributed by atoms with Crippen molar-refractivity contribution < 1.29 is 27.1 Å². The number of nitrogen functional groups attached to an aromatic ring is 1. The predicted molar refractivity (Wildman–Crippen MR) is 151 cm³/mol. The molecule has 2 aliphatic rings. The van der Waals surface area contributed by atoms with Gasteiger partial charge >= 0.3 is 0 Å². The summed E-state index contributed by atoms with van der Waals surface area (Å²) >= 11 is 0.810. The van der Waals surface area contributed by atoms with Crippen LogP contribution >= 0.6 is 11.3 Å². The number of hydrogen-bond donors (Lipinski definition) is 2. The van der Waals surface area contributed by atoms with Crippen LogP contribution in [-0.4, -0.2) is 70.9 Å². The zero-order valence-corrected chi connectivity index (χ0v) is 23.2. The number of carbonyl (C=O) groups excluding carboxylic acids is 1. The lowest BCUT2D eigenvalue weighted by molar-refractivity contribution is 0.0936. The Morgan fingerprint density at radius 2 is 1.86 bits per heavy atom. The number of carbonyl (C=O) groups is 1. The lowest BCUT2D eigenvalue weighted by atomic mass is 10.0. The monoisotopic (exact) mass is 604 g/mol. The fourth-order valence-electron chi connectivity index (χ4n) is 5.50. The predicted octanol–water partition coefficient (Wildman–Crippen LogP) is 4.55. The highest BCUT2D eigenvalue weighted by molar-refractivity contribution is 7.14. The van der Waals surface area contributed by atoms with Crippen LogP contribution in [-0.2, 0) is 4.74 Å². The van der Waals surface area contributed by atoms with Gasteiger partial charge in [-0.3, -0.25) is 9.78 Å². The highest BCUT2D eigenvalue weighted by Gasteiger charge is 2.30. The van der Waals surface area contributed by atoms with Crippen molar-refractivity contribution in [3.05, 3.63) is 52.2 Å². The summed E-state index contributed by atoms with van der Waals surface area (Å²) in [4.78, 5) is 25.4. The van der Waals surface area contributed by atoms with E-state index in [4.69, 9.17) is 10.5 Å². The number of ether oxygens (including phenoxy) is 1. The van der Waals surface area contributed by atoms with Crippen LogP contribution in [0.15, 0.2) is 36.8 Å². The van der Waals surface area contributed by atoms with Gasteiger partial charge in [-0.05, 0) is 37.1 Å². The quantitative estimate of drug-likeness (QED) is 0.296. The summed E-state index contributed by atoms with van der Waals surface area (Å²) in [5.41, 5.74) is 8.65. The summed E-state index contributed by atoms with van der Waals surface area (Å²) in [5.74, 6) is -0.185. The van der Waals surface area contributed by atoms with E-state index in [9.17, 15) is 22.4 Å².